The van der Waals surface area contributed by atoms with Crippen LogP contribution in [0, 0.1) is 50.2 Å². The molecule has 0 aromatic rings. The summed E-state index contributed by atoms with van der Waals surface area (Å²) in [6.45, 7) is 14.7. The van der Waals surface area contributed by atoms with Crippen LogP contribution in [0.3, 0.4) is 0 Å². The number of hydrogen-bond acceptors (Lipinski definition) is 6. The Hall–Kier alpha value is -2.22. The number of rotatable bonds is 6. The highest BCUT2D eigenvalue weighted by molar-refractivity contribution is 5.96. The first-order chi connectivity index (χ1) is 19.4. The van der Waals surface area contributed by atoms with Gasteiger partial charge in [0.15, 0.2) is 5.78 Å². The van der Waals surface area contributed by atoms with Crippen molar-refractivity contribution < 1.29 is 34.1 Å². The molecule has 5 aliphatic rings. The fraction of sp³-hybridized carbons (Fsp3) is 0.824. The molecule has 0 heterocycles. The van der Waals surface area contributed by atoms with Gasteiger partial charge in [-0.1, -0.05) is 33.3 Å². The third-order valence-corrected chi connectivity index (χ3v) is 14.0. The minimum Gasteiger partial charge on any atom is -0.481 e. The fourth-order valence-electron chi connectivity index (χ4n) is 11.1. The van der Waals surface area contributed by atoms with Gasteiger partial charge in [0.1, 0.15) is 0 Å². The van der Waals surface area contributed by atoms with Gasteiger partial charge in [-0.2, -0.15) is 0 Å². The number of carboxylic acid groups (broad SMARTS) is 2. The maximum atomic E-state index is 14.5. The number of nitrogens with one attached hydrogen (secondary N) is 1. The van der Waals surface area contributed by atoms with Crippen LogP contribution in [-0.4, -0.2) is 53.1 Å². The Morgan fingerprint density at radius 1 is 0.929 bits per heavy atom. The SMILES string of the molecule is CCOC(=O)CN[C@H]1CC[C@@]2(C)[C@@H](CC[C@]3(C)[C@@H]2C(=O)C=C2[C@@H]4C[C@@](C)(C(=O)O)CC[C@]4(C)CC[C@]23C)[C@]1(C)C(=O)O. The average molecular weight is 586 g/mol. The molecular formula is C34H51NO7. The van der Waals surface area contributed by atoms with E-state index >= 15 is 0 Å². The Bertz CT molecular complexity index is 1230. The molecule has 234 valence electrons. The van der Waals surface area contributed by atoms with Gasteiger partial charge in [0.25, 0.3) is 0 Å². The topological polar surface area (TPSA) is 130 Å². The molecule has 4 fully saturated rings. The van der Waals surface area contributed by atoms with Crippen molar-refractivity contribution in [3.63, 3.8) is 0 Å². The number of ether oxygens (including phenoxy) is 1. The normalized spacial score (nSPS) is 48.1. The van der Waals surface area contributed by atoms with Gasteiger partial charge in [0.2, 0.25) is 0 Å². The summed E-state index contributed by atoms with van der Waals surface area (Å²) in [5.41, 5.74) is -1.96. The van der Waals surface area contributed by atoms with Crippen LogP contribution in [0.1, 0.15) is 106 Å². The molecule has 0 saturated heterocycles. The first kappa shape index (κ1) is 31.2. The van der Waals surface area contributed by atoms with Crippen LogP contribution in [0.2, 0.25) is 0 Å². The zero-order valence-corrected chi connectivity index (χ0v) is 26.6. The Kier molecular flexibility index (Phi) is 7.36. The third kappa shape index (κ3) is 4.09. The maximum absolute atomic E-state index is 14.5. The monoisotopic (exact) mass is 585 g/mol. The molecule has 0 spiro atoms. The van der Waals surface area contributed by atoms with E-state index in [0.29, 0.717) is 32.1 Å². The van der Waals surface area contributed by atoms with Crippen molar-refractivity contribution in [2.24, 2.45) is 50.2 Å². The Balaban J connectivity index is 1.54. The molecule has 5 aliphatic carbocycles. The largest absolute Gasteiger partial charge is 0.481 e. The van der Waals surface area contributed by atoms with Crippen LogP contribution < -0.4 is 5.32 Å². The van der Waals surface area contributed by atoms with Crippen molar-refractivity contribution in [3.8, 4) is 0 Å². The Morgan fingerprint density at radius 2 is 1.60 bits per heavy atom. The van der Waals surface area contributed by atoms with Gasteiger partial charge in [0, 0.05) is 12.0 Å². The molecular weight excluding hydrogens is 534 g/mol. The van der Waals surface area contributed by atoms with Crippen molar-refractivity contribution in [1.29, 1.82) is 0 Å². The van der Waals surface area contributed by atoms with E-state index in [2.05, 4.69) is 33.0 Å². The molecule has 0 amide bonds. The summed E-state index contributed by atoms with van der Waals surface area (Å²) in [5.74, 6) is -2.46. The maximum Gasteiger partial charge on any atom is 0.319 e. The molecule has 4 saturated carbocycles. The minimum absolute atomic E-state index is 0.0184. The number of carboxylic acids is 2. The number of aliphatic carboxylic acids is 2. The van der Waals surface area contributed by atoms with Gasteiger partial charge >= 0.3 is 17.9 Å². The summed E-state index contributed by atoms with van der Waals surface area (Å²) in [4.78, 5) is 52.1. The second kappa shape index (κ2) is 9.90. The van der Waals surface area contributed by atoms with Crippen LogP contribution in [0.15, 0.2) is 11.6 Å². The highest BCUT2D eigenvalue weighted by Gasteiger charge is 2.71. The van der Waals surface area contributed by atoms with Crippen LogP contribution in [0.5, 0.6) is 0 Å². The number of carbonyl (C=O) groups is 4. The molecule has 42 heavy (non-hydrogen) atoms. The highest BCUT2D eigenvalue weighted by atomic mass is 16.5. The fourth-order valence-corrected chi connectivity index (χ4v) is 11.1. The van der Waals surface area contributed by atoms with E-state index in [4.69, 9.17) is 4.74 Å². The zero-order valence-electron chi connectivity index (χ0n) is 26.6. The number of esters is 1. The van der Waals surface area contributed by atoms with Crippen LogP contribution in [0.4, 0.5) is 0 Å². The number of allylic oxidation sites excluding steroid dienone is 2. The zero-order chi connectivity index (χ0) is 31.1. The lowest BCUT2D eigenvalue weighted by atomic mass is 9.33. The van der Waals surface area contributed by atoms with Crippen molar-refractivity contribution in [3.05, 3.63) is 11.6 Å². The molecule has 10 atom stereocenters. The lowest BCUT2D eigenvalue weighted by Gasteiger charge is -2.70. The quantitative estimate of drug-likeness (QED) is 0.342. The molecule has 5 rings (SSSR count). The lowest BCUT2D eigenvalue weighted by Crippen LogP contribution is -2.69. The molecule has 0 aromatic heterocycles. The summed E-state index contributed by atoms with van der Waals surface area (Å²) in [7, 11) is 0. The molecule has 3 N–H and O–H groups in total. The second-order valence-corrected chi connectivity index (χ2v) is 15.9. The van der Waals surface area contributed by atoms with Gasteiger partial charge in [-0.15, -0.1) is 0 Å². The molecule has 0 bridgehead atoms. The summed E-state index contributed by atoms with van der Waals surface area (Å²) in [6.07, 6.45) is 8.61. The van der Waals surface area contributed by atoms with Crippen molar-refractivity contribution in [2.45, 2.75) is 112 Å². The van der Waals surface area contributed by atoms with E-state index in [1.165, 1.54) is 0 Å². The number of hydrogen-bond donors (Lipinski definition) is 3. The Morgan fingerprint density at radius 3 is 2.21 bits per heavy atom. The lowest BCUT2D eigenvalue weighted by molar-refractivity contribution is -0.201. The van der Waals surface area contributed by atoms with Crippen molar-refractivity contribution in [1.82, 2.24) is 5.32 Å². The molecule has 0 unspecified atom stereocenters. The predicted molar refractivity (Wildman–Crippen MR) is 157 cm³/mol. The molecule has 0 aromatic carbocycles. The summed E-state index contributed by atoms with van der Waals surface area (Å²) < 4.78 is 5.09. The third-order valence-electron chi connectivity index (χ3n) is 14.0. The summed E-state index contributed by atoms with van der Waals surface area (Å²) in [5, 5.41) is 24.1. The van der Waals surface area contributed by atoms with E-state index in [1.807, 2.05) is 13.0 Å². The highest BCUT2D eigenvalue weighted by Crippen LogP contribution is 2.75. The van der Waals surface area contributed by atoms with Crippen LogP contribution in [-0.2, 0) is 23.9 Å². The van der Waals surface area contributed by atoms with E-state index in [1.54, 1.807) is 13.8 Å². The number of fused-ring (bicyclic) bond motifs is 7. The van der Waals surface area contributed by atoms with Gasteiger partial charge in [-0.3, -0.25) is 19.2 Å². The van der Waals surface area contributed by atoms with E-state index in [0.717, 1.165) is 31.3 Å². The van der Waals surface area contributed by atoms with E-state index in [9.17, 15) is 29.4 Å². The van der Waals surface area contributed by atoms with Crippen molar-refractivity contribution in [2.75, 3.05) is 13.2 Å². The van der Waals surface area contributed by atoms with Gasteiger partial charge in [-0.05, 0) is 118 Å². The Labute approximate surface area is 250 Å². The summed E-state index contributed by atoms with van der Waals surface area (Å²) >= 11 is 0. The minimum atomic E-state index is -1.15. The van der Waals surface area contributed by atoms with Crippen LogP contribution >= 0.6 is 0 Å². The number of ketones is 1. The van der Waals surface area contributed by atoms with E-state index < -0.39 is 40.2 Å². The smallest absolute Gasteiger partial charge is 0.319 e. The molecule has 8 nitrogen and oxygen atoms in total. The first-order valence-corrected chi connectivity index (χ1v) is 16.0. The summed E-state index contributed by atoms with van der Waals surface area (Å²) in [6, 6.07) is -0.409. The molecule has 0 aliphatic heterocycles. The van der Waals surface area contributed by atoms with Crippen molar-refractivity contribution >= 4 is 23.7 Å². The van der Waals surface area contributed by atoms with E-state index in [-0.39, 0.29) is 52.9 Å². The predicted octanol–water partition coefficient (Wildman–Crippen LogP) is 5.64. The van der Waals surface area contributed by atoms with Gasteiger partial charge in [0.05, 0.1) is 24.0 Å². The average Bonchev–Trinajstić information content (AvgIpc) is 2.90. The van der Waals surface area contributed by atoms with Gasteiger partial charge in [-0.25, -0.2) is 0 Å². The second-order valence-electron chi connectivity index (χ2n) is 15.9. The standard InChI is InChI=1S/C34H51NO7/c1-8-42-25(37)19-35-24-10-11-31(4)23(34(24,7)28(40)41)9-12-33(6)26(31)22(36)17-20-21-18-30(3,27(38)39)14-13-29(21,2)15-16-32(20,33)5/h17,21,23-24,26,35H,8-16,18-19H2,1-7H3,(H,38,39)(H,40,41)/t21-,23+,24-,26+,29+,30-,31-,32+,33+,34-/m0/s1. The molecule has 8 heteroatoms. The number of carbonyl (C=O) groups excluding carboxylic acids is 2. The first-order valence-electron chi connectivity index (χ1n) is 16.0. The van der Waals surface area contributed by atoms with Crippen LogP contribution in [0.25, 0.3) is 0 Å². The van der Waals surface area contributed by atoms with Gasteiger partial charge < -0.3 is 20.3 Å². The molecule has 0 radical (unpaired) electrons.